The zero-order valence-electron chi connectivity index (χ0n) is 13.7. The minimum atomic E-state index is -1.18. The van der Waals surface area contributed by atoms with E-state index in [-0.39, 0.29) is 41.1 Å². The van der Waals surface area contributed by atoms with Gasteiger partial charge in [0, 0.05) is 28.0 Å². The van der Waals surface area contributed by atoms with E-state index in [1.807, 2.05) is 4.90 Å². The average molecular weight is 358 g/mol. The van der Waals surface area contributed by atoms with Crippen LogP contribution in [-0.4, -0.2) is 48.9 Å². The van der Waals surface area contributed by atoms with Gasteiger partial charge < -0.3 is 15.0 Å². The van der Waals surface area contributed by atoms with Crippen LogP contribution >= 0.6 is 0 Å². The molecule has 1 saturated carbocycles. The lowest BCUT2D eigenvalue weighted by Crippen LogP contribution is -2.41. The van der Waals surface area contributed by atoms with Gasteiger partial charge in [0.1, 0.15) is 17.4 Å². The van der Waals surface area contributed by atoms with Gasteiger partial charge in [-0.15, -0.1) is 0 Å². The first kappa shape index (κ1) is 16.0. The summed E-state index contributed by atoms with van der Waals surface area (Å²) in [6.07, 6.45) is 4.71. The van der Waals surface area contributed by atoms with Crippen molar-refractivity contribution < 1.29 is 9.32 Å². The molecule has 1 aliphatic carbocycles. The van der Waals surface area contributed by atoms with Crippen LogP contribution in [0.1, 0.15) is 25.1 Å². The molecule has 1 atom stereocenters. The summed E-state index contributed by atoms with van der Waals surface area (Å²) in [4.78, 5) is 21.9. The standard InChI is InChI=1S/C17H18N4O3S/c1-25(24)10-5-6-11-12(7-10)19-16(20-17(11)23)14-13(22)8-21(15(14)18)9-3-2-4-9/h5-7,9,18,22H,2-4,8H2,1H3,(H,19,20,23). The molecule has 25 heavy (non-hydrogen) atoms. The summed E-state index contributed by atoms with van der Waals surface area (Å²) in [6, 6.07) is 5.12. The molecule has 1 fully saturated rings. The summed E-state index contributed by atoms with van der Waals surface area (Å²) in [5.41, 5.74) is 0.333. The van der Waals surface area contributed by atoms with Gasteiger partial charge in [0.05, 0.1) is 23.0 Å². The fourth-order valence-corrected chi connectivity index (χ4v) is 3.81. The first-order valence-electron chi connectivity index (χ1n) is 8.11. The molecule has 1 aromatic heterocycles. The molecule has 1 aliphatic heterocycles. The van der Waals surface area contributed by atoms with Gasteiger partial charge in [-0.25, -0.2) is 4.98 Å². The highest BCUT2D eigenvalue weighted by Crippen LogP contribution is 2.33. The monoisotopic (exact) mass is 358 g/mol. The highest BCUT2D eigenvalue weighted by atomic mass is 32.2. The maximum absolute atomic E-state index is 12.4. The van der Waals surface area contributed by atoms with Crippen molar-refractivity contribution >= 4 is 33.1 Å². The number of amidine groups is 1. The largest absolute Gasteiger partial charge is 0.510 e. The third-order valence-electron chi connectivity index (χ3n) is 4.89. The number of aliphatic hydroxyl groups excluding tert-OH is 1. The number of aromatic nitrogens is 2. The van der Waals surface area contributed by atoms with E-state index in [1.54, 1.807) is 24.5 Å². The van der Waals surface area contributed by atoms with Gasteiger partial charge in [-0.1, -0.05) is 0 Å². The number of hydrogen-bond donors (Lipinski definition) is 3. The molecule has 7 nitrogen and oxygen atoms in total. The number of hydrogen-bond acceptors (Lipinski definition) is 5. The van der Waals surface area contributed by atoms with E-state index in [9.17, 15) is 14.1 Å². The second kappa shape index (κ2) is 5.80. The van der Waals surface area contributed by atoms with Crippen LogP contribution in [0.25, 0.3) is 16.5 Å². The van der Waals surface area contributed by atoms with E-state index in [2.05, 4.69) is 9.97 Å². The zero-order chi connectivity index (χ0) is 17.7. The number of nitrogens with zero attached hydrogens (tertiary/aromatic N) is 2. The smallest absolute Gasteiger partial charge is 0.259 e. The number of benzene rings is 1. The van der Waals surface area contributed by atoms with Crippen molar-refractivity contribution in [3.05, 3.63) is 40.1 Å². The Morgan fingerprint density at radius 2 is 2.16 bits per heavy atom. The number of aliphatic hydroxyl groups is 1. The Kier molecular flexibility index (Phi) is 3.72. The quantitative estimate of drug-likeness (QED) is 0.775. The van der Waals surface area contributed by atoms with Gasteiger partial charge in [0.25, 0.3) is 5.56 Å². The molecule has 2 aromatic rings. The fraction of sp³-hybridized carbons (Fsp3) is 0.353. The normalized spacial score (nSPS) is 19.6. The van der Waals surface area contributed by atoms with Crippen LogP contribution in [-0.2, 0) is 10.8 Å². The maximum atomic E-state index is 12.4. The minimum absolute atomic E-state index is 0.0506. The van der Waals surface area contributed by atoms with E-state index >= 15 is 0 Å². The Balaban J connectivity index is 1.81. The molecule has 0 spiro atoms. The molecule has 130 valence electrons. The van der Waals surface area contributed by atoms with Gasteiger partial charge in [-0.05, 0) is 37.5 Å². The molecule has 1 aromatic carbocycles. The van der Waals surface area contributed by atoms with Gasteiger partial charge in [0.15, 0.2) is 0 Å². The van der Waals surface area contributed by atoms with Crippen molar-refractivity contribution in [2.75, 3.05) is 12.8 Å². The lowest BCUT2D eigenvalue weighted by Gasteiger charge is -2.36. The molecule has 3 N–H and O–H groups in total. The second-order valence-corrected chi connectivity index (χ2v) is 7.81. The summed E-state index contributed by atoms with van der Waals surface area (Å²) < 4.78 is 11.7. The van der Waals surface area contributed by atoms with Gasteiger partial charge in [-0.3, -0.25) is 14.4 Å². The highest BCUT2D eigenvalue weighted by Gasteiger charge is 2.36. The van der Waals surface area contributed by atoms with Crippen LogP contribution in [0.5, 0.6) is 0 Å². The lowest BCUT2D eigenvalue weighted by molar-refractivity contribution is 0.209. The minimum Gasteiger partial charge on any atom is -0.510 e. The molecular formula is C17H18N4O3S. The van der Waals surface area contributed by atoms with Crippen molar-refractivity contribution in [3.8, 4) is 0 Å². The molecule has 0 radical (unpaired) electrons. The van der Waals surface area contributed by atoms with Crippen LogP contribution < -0.4 is 5.56 Å². The first-order valence-corrected chi connectivity index (χ1v) is 9.67. The summed E-state index contributed by atoms with van der Waals surface area (Å²) in [5.74, 6) is 0.426. The van der Waals surface area contributed by atoms with Crippen molar-refractivity contribution in [2.24, 2.45) is 0 Å². The zero-order valence-corrected chi connectivity index (χ0v) is 14.5. The maximum Gasteiger partial charge on any atom is 0.259 e. The molecule has 0 bridgehead atoms. The Morgan fingerprint density at radius 3 is 2.80 bits per heavy atom. The van der Waals surface area contributed by atoms with Crippen LogP contribution in [0.4, 0.5) is 0 Å². The molecule has 4 rings (SSSR count). The third-order valence-corrected chi connectivity index (χ3v) is 5.81. The average Bonchev–Trinajstić information content (AvgIpc) is 2.79. The first-order chi connectivity index (χ1) is 12.0. The predicted molar refractivity (Wildman–Crippen MR) is 96.3 cm³/mol. The molecule has 2 aliphatic rings. The van der Waals surface area contributed by atoms with E-state index in [0.717, 1.165) is 19.3 Å². The van der Waals surface area contributed by atoms with Crippen LogP contribution in [0, 0.1) is 5.41 Å². The molecule has 0 saturated heterocycles. The Bertz CT molecular complexity index is 1010. The Morgan fingerprint density at radius 1 is 1.40 bits per heavy atom. The molecule has 8 heteroatoms. The van der Waals surface area contributed by atoms with Crippen molar-refractivity contribution in [3.63, 3.8) is 0 Å². The van der Waals surface area contributed by atoms with Crippen LogP contribution in [0.3, 0.4) is 0 Å². The number of fused-ring (bicyclic) bond motifs is 1. The number of H-pyrrole nitrogens is 1. The number of rotatable bonds is 3. The van der Waals surface area contributed by atoms with Crippen molar-refractivity contribution in [2.45, 2.75) is 30.2 Å². The van der Waals surface area contributed by atoms with Gasteiger partial charge in [-0.2, -0.15) is 0 Å². The molecule has 2 heterocycles. The molecule has 1 unspecified atom stereocenters. The number of nitrogens with one attached hydrogen (secondary N) is 2. The van der Waals surface area contributed by atoms with Crippen LogP contribution in [0.15, 0.2) is 33.6 Å². The van der Waals surface area contributed by atoms with E-state index < -0.39 is 10.8 Å². The number of aromatic amines is 1. The Labute approximate surface area is 146 Å². The van der Waals surface area contributed by atoms with Gasteiger partial charge in [0.2, 0.25) is 0 Å². The fourth-order valence-electron chi connectivity index (χ4n) is 3.28. The SMILES string of the molecule is CS(=O)c1ccc2c(=O)[nH]c(C3=C(O)CN(C4CCC4)C3=N)nc2c1. The van der Waals surface area contributed by atoms with E-state index in [4.69, 9.17) is 5.41 Å². The van der Waals surface area contributed by atoms with E-state index in [1.165, 1.54) is 0 Å². The molecular weight excluding hydrogens is 340 g/mol. The van der Waals surface area contributed by atoms with E-state index in [0.29, 0.717) is 15.8 Å². The molecule has 0 amide bonds. The summed E-state index contributed by atoms with van der Waals surface area (Å²) in [7, 11) is -1.18. The Hall–Kier alpha value is -2.48. The topological polar surface area (TPSA) is 110 Å². The lowest BCUT2D eigenvalue weighted by atomic mass is 9.91. The summed E-state index contributed by atoms with van der Waals surface area (Å²) >= 11 is 0. The highest BCUT2D eigenvalue weighted by molar-refractivity contribution is 7.84. The van der Waals surface area contributed by atoms with Crippen molar-refractivity contribution in [1.29, 1.82) is 5.41 Å². The van der Waals surface area contributed by atoms with Gasteiger partial charge >= 0.3 is 0 Å². The summed E-state index contributed by atoms with van der Waals surface area (Å²) in [6.45, 7) is 0.277. The third kappa shape index (κ3) is 2.57. The second-order valence-electron chi connectivity index (χ2n) is 6.43. The summed E-state index contributed by atoms with van der Waals surface area (Å²) in [5, 5.41) is 19.1. The van der Waals surface area contributed by atoms with Crippen molar-refractivity contribution in [1.82, 2.24) is 14.9 Å². The predicted octanol–water partition coefficient (Wildman–Crippen LogP) is 1.77. The van der Waals surface area contributed by atoms with Crippen LogP contribution in [0.2, 0.25) is 0 Å².